The lowest BCUT2D eigenvalue weighted by Crippen LogP contribution is -2.11. The van der Waals surface area contributed by atoms with Crippen LogP contribution >= 0.6 is 0 Å². The Morgan fingerprint density at radius 2 is 1.84 bits per heavy atom. The average molecular weight is 419 g/mol. The third-order valence-corrected chi connectivity index (χ3v) is 4.23. The molecule has 0 radical (unpaired) electrons. The number of nitrogens with one attached hydrogen (secondary N) is 1. The number of anilines is 3. The Balaban J connectivity index is 1.37. The molecule has 2 heterocycles. The molecule has 0 saturated carbocycles. The molecule has 0 fully saturated rings. The summed E-state index contributed by atoms with van der Waals surface area (Å²) < 4.78 is 20.1. The molecule has 9 nitrogen and oxygen atoms in total. The highest BCUT2D eigenvalue weighted by Gasteiger charge is 2.11. The van der Waals surface area contributed by atoms with Crippen LogP contribution in [0.3, 0.4) is 0 Å². The molecule has 4 rings (SSSR count). The van der Waals surface area contributed by atoms with Gasteiger partial charge in [0.25, 0.3) is 0 Å². The average Bonchev–Trinajstić information content (AvgIpc) is 3.27. The monoisotopic (exact) mass is 419 g/mol. The number of benzene rings is 2. The fourth-order valence-corrected chi connectivity index (χ4v) is 2.76. The van der Waals surface area contributed by atoms with E-state index < -0.39 is 5.97 Å². The van der Waals surface area contributed by atoms with Gasteiger partial charge in [-0.25, -0.2) is 9.18 Å². The third kappa shape index (κ3) is 5.38. The zero-order valence-corrected chi connectivity index (χ0v) is 16.3. The number of carbonyl (C=O) groups excluding carboxylic acids is 1. The molecule has 10 heteroatoms. The van der Waals surface area contributed by atoms with Gasteiger partial charge in [0.2, 0.25) is 11.9 Å². The van der Waals surface area contributed by atoms with Crippen LogP contribution in [0.4, 0.5) is 22.0 Å². The second kappa shape index (κ2) is 8.99. The van der Waals surface area contributed by atoms with Crippen molar-refractivity contribution < 1.29 is 13.9 Å². The van der Waals surface area contributed by atoms with Crippen molar-refractivity contribution in [2.75, 3.05) is 11.1 Å². The van der Waals surface area contributed by atoms with E-state index in [1.807, 2.05) is 24.4 Å². The Labute approximate surface area is 176 Å². The second-order valence-corrected chi connectivity index (χ2v) is 6.54. The molecule has 0 aliphatic carbocycles. The van der Waals surface area contributed by atoms with Crippen molar-refractivity contribution in [2.45, 2.75) is 13.2 Å². The maximum absolute atomic E-state index is 13.0. The number of hydrogen-bond donors (Lipinski definition) is 2. The molecule has 0 atom stereocenters. The van der Waals surface area contributed by atoms with Gasteiger partial charge in [-0.05, 0) is 48.0 Å². The van der Waals surface area contributed by atoms with E-state index in [1.165, 1.54) is 24.3 Å². The van der Waals surface area contributed by atoms with Crippen molar-refractivity contribution in [3.63, 3.8) is 0 Å². The van der Waals surface area contributed by atoms with Gasteiger partial charge in [0.15, 0.2) is 12.4 Å². The Kier molecular flexibility index (Phi) is 5.79. The van der Waals surface area contributed by atoms with E-state index in [2.05, 4.69) is 25.4 Å². The van der Waals surface area contributed by atoms with Gasteiger partial charge in [0, 0.05) is 18.1 Å². The molecular weight excluding hydrogens is 401 g/mol. The summed E-state index contributed by atoms with van der Waals surface area (Å²) in [6.07, 6.45) is 3.57. The van der Waals surface area contributed by atoms with Crippen LogP contribution in [0.25, 0.3) is 0 Å². The van der Waals surface area contributed by atoms with E-state index in [9.17, 15) is 9.18 Å². The quantitative estimate of drug-likeness (QED) is 0.439. The number of rotatable bonds is 7. The predicted molar refractivity (Wildman–Crippen MR) is 111 cm³/mol. The Morgan fingerprint density at radius 3 is 2.55 bits per heavy atom. The maximum Gasteiger partial charge on any atom is 0.338 e. The number of hydrogen-bond acceptors (Lipinski definition) is 8. The SMILES string of the molecule is Nc1nc(COC(=O)c2ccc(Cn3cccn3)cc2)nc(Nc2ccc(F)cc2)n1. The van der Waals surface area contributed by atoms with Crippen LogP contribution < -0.4 is 11.1 Å². The number of esters is 1. The highest BCUT2D eigenvalue weighted by Crippen LogP contribution is 2.15. The van der Waals surface area contributed by atoms with Gasteiger partial charge in [-0.1, -0.05) is 12.1 Å². The first kappa shape index (κ1) is 20.0. The first-order valence-electron chi connectivity index (χ1n) is 9.32. The first-order valence-corrected chi connectivity index (χ1v) is 9.32. The van der Waals surface area contributed by atoms with E-state index in [-0.39, 0.29) is 30.1 Å². The molecule has 0 aliphatic heterocycles. The third-order valence-electron chi connectivity index (χ3n) is 4.23. The lowest BCUT2D eigenvalue weighted by atomic mass is 10.1. The summed E-state index contributed by atoms with van der Waals surface area (Å²) in [4.78, 5) is 24.5. The summed E-state index contributed by atoms with van der Waals surface area (Å²) in [7, 11) is 0. The van der Waals surface area contributed by atoms with Crippen molar-refractivity contribution in [1.82, 2.24) is 24.7 Å². The lowest BCUT2D eigenvalue weighted by molar-refractivity contribution is 0.0462. The number of carbonyl (C=O) groups is 1. The zero-order valence-electron chi connectivity index (χ0n) is 16.3. The first-order chi connectivity index (χ1) is 15.0. The zero-order chi connectivity index (χ0) is 21.6. The number of nitrogens with zero attached hydrogens (tertiary/aromatic N) is 5. The van der Waals surface area contributed by atoms with Gasteiger partial charge in [-0.2, -0.15) is 20.1 Å². The van der Waals surface area contributed by atoms with Gasteiger partial charge in [-0.15, -0.1) is 0 Å². The van der Waals surface area contributed by atoms with E-state index in [4.69, 9.17) is 10.5 Å². The van der Waals surface area contributed by atoms with Crippen molar-refractivity contribution in [2.24, 2.45) is 0 Å². The highest BCUT2D eigenvalue weighted by molar-refractivity contribution is 5.89. The molecule has 2 aromatic heterocycles. The largest absolute Gasteiger partial charge is 0.454 e. The van der Waals surface area contributed by atoms with Crippen molar-refractivity contribution in [3.8, 4) is 0 Å². The van der Waals surface area contributed by atoms with E-state index in [1.54, 1.807) is 23.0 Å². The molecule has 2 aromatic carbocycles. The number of aromatic nitrogens is 5. The van der Waals surface area contributed by atoms with E-state index in [0.717, 1.165) is 5.56 Å². The van der Waals surface area contributed by atoms with Crippen LogP contribution in [0.15, 0.2) is 67.0 Å². The minimum Gasteiger partial charge on any atom is -0.454 e. The van der Waals surface area contributed by atoms with Crippen molar-refractivity contribution in [1.29, 1.82) is 0 Å². The van der Waals surface area contributed by atoms with Gasteiger partial charge >= 0.3 is 5.97 Å². The van der Waals surface area contributed by atoms with Gasteiger partial charge in [-0.3, -0.25) is 4.68 Å². The summed E-state index contributed by atoms with van der Waals surface area (Å²) in [5.41, 5.74) is 7.69. The van der Waals surface area contributed by atoms with Gasteiger partial charge < -0.3 is 15.8 Å². The summed E-state index contributed by atoms with van der Waals surface area (Å²) in [5, 5.41) is 7.05. The van der Waals surface area contributed by atoms with Crippen LogP contribution in [0.5, 0.6) is 0 Å². The van der Waals surface area contributed by atoms with Crippen molar-refractivity contribution >= 4 is 23.6 Å². The van der Waals surface area contributed by atoms with Gasteiger partial charge in [0.1, 0.15) is 5.82 Å². The Morgan fingerprint density at radius 1 is 1.06 bits per heavy atom. The molecule has 0 unspecified atom stereocenters. The number of halogens is 1. The van der Waals surface area contributed by atoms with Crippen LogP contribution in [-0.2, 0) is 17.9 Å². The summed E-state index contributed by atoms with van der Waals surface area (Å²) in [6.45, 7) is 0.426. The minimum atomic E-state index is -0.516. The molecule has 0 amide bonds. The molecule has 3 N–H and O–H groups in total. The summed E-state index contributed by atoms with van der Waals surface area (Å²) in [5.74, 6) is -0.567. The molecule has 156 valence electrons. The lowest BCUT2D eigenvalue weighted by Gasteiger charge is -2.08. The fraction of sp³-hybridized carbons (Fsp3) is 0.0952. The molecule has 0 bridgehead atoms. The molecule has 0 aliphatic rings. The van der Waals surface area contributed by atoms with Crippen LogP contribution in [0, 0.1) is 5.82 Å². The number of ether oxygens (including phenoxy) is 1. The van der Waals surface area contributed by atoms with Gasteiger partial charge in [0.05, 0.1) is 12.1 Å². The predicted octanol–water partition coefficient (Wildman–Crippen LogP) is 2.94. The molecule has 0 spiro atoms. The van der Waals surface area contributed by atoms with E-state index >= 15 is 0 Å². The molecule has 4 aromatic rings. The summed E-state index contributed by atoms with van der Waals surface area (Å²) >= 11 is 0. The molecule has 0 saturated heterocycles. The highest BCUT2D eigenvalue weighted by atomic mass is 19.1. The van der Waals surface area contributed by atoms with E-state index in [0.29, 0.717) is 17.8 Å². The Hall–Kier alpha value is -4.34. The topological polar surface area (TPSA) is 121 Å². The summed E-state index contributed by atoms with van der Waals surface area (Å²) in [6, 6.07) is 14.6. The van der Waals surface area contributed by atoms with Crippen LogP contribution in [-0.4, -0.2) is 30.7 Å². The standard InChI is InChI=1S/C21H18FN7O2/c22-16-6-8-17(9-7-16)25-21-27-18(26-20(23)28-21)13-31-19(30)15-4-2-14(3-5-15)12-29-11-1-10-24-29/h1-11H,12-13H2,(H3,23,25,26,27,28). The number of nitrogen functional groups attached to an aromatic ring is 1. The smallest absolute Gasteiger partial charge is 0.338 e. The molecular formula is C21H18FN7O2. The van der Waals surface area contributed by atoms with Crippen LogP contribution in [0.2, 0.25) is 0 Å². The normalized spacial score (nSPS) is 10.6. The second-order valence-electron chi connectivity index (χ2n) is 6.54. The van der Waals surface area contributed by atoms with Crippen molar-refractivity contribution in [3.05, 3.63) is 89.8 Å². The maximum atomic E-state index is 13.0. The fourth-order valence-electron chi connectivity index (χ4n) is 2.76. The van der Waals surface area contributed by atoms with Crippen LogP contribution in [0.1, 0.15) is 21.7 Å². The Bertz CT molecular complexity index is 1160. The minimum absolute atomic E-state index is 0.0337. The number of nitrogens with two attached hydrogens (primary N) is 1. The molecule has 31 heavy (non-hydrogen) atoms.